The molecule has 0 saturated heterocycles. The van der Waals surface area contributed by atoms with E-state index in [1.165, 1.54) is 0 Å². The molecule has 0 aliphatic carbocycles. The van der Waals surface area contributed by atoms with E-state index in [4.69, 9.17) is 0 Å². The smallest absolute Gasteiger partial charge is 0.191 e. The van der Waals surface area contributed by atoms with Crippen molar-refractivity contribution >= 4 is 11.3 Å². The van der Waals surface area contributed by atoms with Crippen molar-refractivity contribution in [3.8, 4) is 10.7 Å². The number of nitrogens with zero attached hydrogens (tertiary/aromatic N) is 2. The maximum absolute atomic E-state index is 4.47. The molecule has 74 valence electrons. The van der Waals surface area contributed by atoms with Gasteiger partial charge < -0.3 is 0 Å². The van der Waals surface area contributed by atoms with Crippen LogP contribution in [-0.2, 0) is 5.41 Å². The fourth-order valence-corrected chi connectivity index (χ4v) is 1.77. The minimum Gasteiger partial charge on any atom is -0.262 e. The van der Waals surface area contributed by atoms with E-state index in [-0.39, 0.29) is 5.41 Å². The zero-order valence-electron chi connectivity index (χ0n) is 8.53. The molecule has 3 nitrogen and oxygen atoms in total. The van der Waals surface area contributed by atoms with Crippen molar-refractivity contribution in [1.29, 1.82) is 0 Å². The number of rotatable bonds is 1. The molecule has 14 heavy (non-hydrogen) atoms. The third kappa shape index (κ3) is 1.70. The number of thiophene rings is 1. The number of aromatic amines is 1. The molecule has 0 radical (unpaired) electrons. The van der Waals surface area contributed by atoms with Crippen molar-refractivity contribution in [1.82, 2.24) is 15.2 Å². The summed E-state index contributed by atoms with van der Waals surface area (Å²) in [6, 6.07) is 4.04. The molecule has 1 N–H and O–H groups in total. The number of nitrogens with one attached hydrogen (secondary N) is 1. The SMILES string of the molecule is CC(C)(C)c1nc(-c2cccs2)n[nH]1. The Morgan fingerprint density at radius 2 is 2.14 bits per heavy atom. The largest absolute Gasteiger partial charge is 0.262 e. The van der Waals surface area contributed by atoms with Gasteiger partial charge in [-0.15, -0.1) is 11.3 Å². The Balaban J connectivity index is 2.36. The van der Waals surface area contributed by atoms with Crippen LogP contribution in [0, 0.1) is 0 Å². The summed E-state index contributed by atoms with van der Waals surface area (Å²) in [6.45, 7) is 6.35. The average Bonchev–Trinajstić information content (AvgIpc) is 2.73. The standard InChI is InChI=1S/C10H13N3S/c1-10(2,3)9-11-8(12-13-9)7-5-4-6-14-7/h4-6H,1-3H3,(H,11,12,13). The Kier molecular flexibility index (Phi) is 2.15. The minimum atomic E-state index is 0.0303. The van der Waals surface area contributed by atoms with Crippen LogP contribution in [0.4, 0.5) is 0 Å². The van der Waals surface area contributed by atoms with Crippen molar-refractivity contribution in [3.63, 3.8) is 0 Å². The van der Waals surface area contributed by atoms with Gasteiger partial charge in [-0.05, 0) is 11.4 Å². The van der Waals surface area contributed by atoms with Gasteiger partial charge in [-0.1, -0.05) is 26.8 Å². The minimum absolute atomic E-state index is 0.0303. The molecular formula is C10H13N3S. The summed E-state index contributed by atoms with van der Waals surface area (Å²) in [5.74, 6) is 1.73. The predicted octanol–water partition coefficient (Wildman–Crippen LogP) is 2.83. The number of aromatic nitrogens is 3. The molecule has 0 amide bonds. The summed E-state index contributed by atoms with van der Waals surface area (Å²) in [4.78, 5) is 5.58. The summed E-state index contributed by atoms with van der Waals surface area (Å²) >= 11 is 1.65. The molecule has 0 saturated carbocycles. The first-order chi connectivity index (χ1) is 6.57. The van der Waals surface area contributed by atoms with E-state index in [1.807, 2.05) is 17.5 Å². The van der Waals surface area contributed by atoms with Crippen LogP contribution in [-0.4, -0.2) is 15.2 Å². The van der Waals surface area contributed by atoms with Crippen molar-refractivity contribution < 1.29 is 0 Å². The van der Waals surface area contributed by atoms with Crippen molar-refractivity contribution in [2.75, 3.05) is 0 Å². The van der Waals surface area contributed by atoms with Gasteiger partial charge in [0, 0.05) is 5.41 Å². The molecule has 2 heterocycles. The van der Waals surface area contributed by atoms with E-state index in [0.717, 1.165) is 16.5 Å². The van der Waals surface area contributed by atoms with E-state index in [2.05, 4.69) is 36.0 Å². The Bertz CT molecular complexity index is 409. The van der Waals surface area contributed by atoms with Crippen LogP contribution >= 0.6 is 11.3 Å². The second kappa shape index (κ2) is 3.20. The molecule has 2 aromatic heterocycles. The van der Waals surface area contributed by atoms with Crippen LogP contribution < -0.4 is 0 Å². The lowest BCUT2D eigenvalue weighted by molar-refractivity contribution is 0.548. The first-order valence-corrected chi connectivity index (χ1v) is 5.42. The van der Waals surface area contributed by atoms with Gasteiger partial charge in [0.05, 0.1) is 4.88 Å². The Labute approximate surface area is 87.2 Å². The van der Waals surface area contributed by atoms with E-state index in [0.29, 0.717) is 0 Å². The molecule has 4 heteroatoms. The molecule has 0 unspecified atom stereocenters. The Morgan fingerprint density at radius 3 is 2.64 bits per heavy atom. The van der Waals surface area contributed by atoms with Crippen molar-refractivity contribution in [3.05, 3.63) is 23.3 Å². The lowest BCUT2D eigenvalue weighted by Gasteiger charge is -2.12. The van der Waals surface area contributed by atoms with Crippen LogP contribution in [0.2, 0.25) is 0 Å². The van der Waals surface area contributed by atoms with Crippen molar-refractivity contribution in [2.24, 2.45) is 0 Å². The first-order valence-electron chi connectivity index (χ1n) is 4.54. The third-order valence-corrected chi connectivity index (χ3v) is 2.80. The topological polar surface area (TPSA) is 41.6 Å². The molecule has 0 spiro atoms. The summed E-state index contributed by atoms with van der Waals surface area (Å²) < 4.78 is 0. The maximum Gasteiger partial charge on any atom is 0.191 e. The van der Waals surface area contributed by atoms with Crippen LogP contribution in [0.15, 0.2) is 17.5 Å². The summed E-state index contributed by atoms with van der Waals surface area (Å²) in [6.07, 6.45) is 0. The zero-order valence-corrected chi connectivity index (χ0v) is 9.35. The van der Waals surface area contributed by atoms with Crippen LogP contribution in [0.5, 0.6) is 0 Å². The lowest BCUT2D eigenvalue weighted by atomic mass is 9.96. The Morgan fingerprint density at radius 1 is 1.36 bits per heavy atom. The normalized spacial score (nSPS) is 11.9. The Hall–Kier alpha value is -1.16. The van der Waals surface area contributed by atoms with E-state index < -0.39 is 0 Å². The molecule has 2 aromatic rings. The van der Waals surface area contributed by atoms with Gasteiger partial charge in [0.2, 0.25) is 0 Å². The van der Waals surface area contributed by atoms with E-state index in [9.17, 15) is 0 Å². The van der Waals surface area contributed by atoms with Gasteiger partial charge in [-0.2, -0.15) is 5.10 Å². The van der Waals surface area contributed by atoms with Gasteiger partial charge in [-0.3, -0.25) is 5.10 Å². The highest BCUT2D eigenvalue weighted by Gasteiger charge is 2.19. The lowest BCUT2D eigenvalue weighted by Crippen LogP contribution is -2.13. The van der Waals surface area contributed by atoms with Crippen molar-refractivity contribution in [2.45, 2.75) is 26.2 Å². The molecule has 2 rings (SSSR count). The van der Waals surface area contributed by atoms with Gasteiger partial charge in [0.15, 0.2) is 5.82 Å². The third-order valence-electron chi connectivity index (χ3n) is 1.94. The zero-order chi connectivity index (χ0) is 10.2. The van der Waals surface area contributed by atoms with E-state index >= 15 is 0 Å². The quantitative estimate of drug-likeness (QED) is 0.781. The highest BCUT2D eigenvalue weighted by molar-refractivity contribution is 7.13. The van der Waals surface area contributed by atoms with Crippen LogP contribution in [0.25, 0.3) is 10.7 Å². The van der Waals surface area contributed by atoms with Gasteiger partial charge in [0.25, 0.3) is 0 Å². The van der Waals surface area contributed by atoms with Crippen LogP contribution in [0.3, 0.4) is 0 Å². The fourth-order valence-electron chi connectivity index (χ4n) is 1.11. The van der Waals surface area contributed by atoms with Gasteiger partial charge in [-0.25, -0.2) is 4.98 Å². The maximum atomic E-state index is 4.47. The highest BCUT2D eigenvalue weighted by Crippen LogP contribution is 2.24. The molecule has 0 bridgehead atoms. The monoisotopic (exact) mass is 207 g/mol. The molecular weight excluding hydrogens is 194 g/mol. The van der Waals surface area contributed by atoms with E-state index in [1.54, 1.807) is 11.3 Å². The summed E-state index contributed by atoms with van der Waals surface area (Å²) in [5, 5.41) is 9.21. The number of hydrogen-bond acceptors (Lipinski definition) is 3. The van der Waals surface area contributed by atoms with Gasteiger partial charge >= 0.3 is 0 Å². The molecule has 0 aliphatic heterocycles. The molecule has 0 aliphatic rings. The number of hydrogen-bond donors (Lipinski definition) is 1. The number of H-pyrrole nitrogens is 1. The van der Waals surface area contributed by atoms with Gasteiger partial charge in [0.1, 0.15) is 5.82 Å². The molecule has 0 atom stereocenters. The second-order valence-corrected chi connectivity index (χ2v) is 5.18. The fraction of sp³-hybridized carbons (Fsp3) is 0.400. The second-order valence-electron chi connectivity index (χ2n) is 4.23. The highest BCUT2D eigenvalue weighted by atomic mass is 32.1. The molecule has 0 aromatic carbocycles. The predicted molar refractivity (Wildman–Crippen MR) is 58.4 cm³/mol. The van der Waals surface area contributed by atoms with Crippen LogP contribution in [0.1, 0.15) is 26.6 Å². The average molecular weight is 207 g/mol. The first kappa shape index (κ1) is 9.40. The molecule has 0 fully saturated rings. The summed E-state index contributed by atoms with van der Waals surface area (Å²) in [5.41, 5.74) is 0.0303. The summed E-state index contributed by atoms with van der Waals surface area (Å²) in [7, 11) is 0.